The van der Waals surface area contributed by atoms with Crippen LogP contribution >= 0.6 is 11.6 Å². The van der Waals surface area contributed by atoms with E-state index < -0.39 is 0 Å². The summed E-state index contributed by atoms with van der Waals surface area (Å²) < 4.78 is 5.70. The zero-order valence-corrected chi connectivity index (χ0v) is 17.9. The molecule has 2 aliphatic rings. The van der Waals surface area contributed by atoms with Gasteiger partial charge >= 0.3 is 0 Å². The number of allylic oxidation sites excluding steroid dienone is 1. The predicted octanol–water partition coefficient (Wildman–Crippen LogP) is 4.07. The lowest BCUT2D eigenvalue weighted by Crippen LogP contribution is -2.32. The molecule has 2 aromatic rings. The number of carbonyl (C=O) groups excluding carboxylic acids is 1. The van der Waals surface area contributed by atoms with Gasteiger partial charge < -0.3 is 15.4 Å². The van der Waals surface area contributed by atoms with Crippen LogP contribution in [-0.2, 0) is 17.7 Å². The average Bonchev–Trinajstić information content (AvgIpc) is 3.36. The highest BCUT2D eigenvalue weighted by Crippen LogP contribution is 2.31. The van der Waals surface area contributed by atoms with Crippen molar-refractivity contribution in [2.45, 2.75) is 31.9 Å². The molecule has 0 radical (unpaired) electrons. The van der Waals surface area contributed by atoms with E-state index in [9.17, 15) is 4.79 Å². The van der Waals surface area contributed by atoms with Crippen LogP contribution in [0.25, 0.3) is 5.57 Å². The number of halogens is 1. The standard InChI is InChI=1S/C24H26ClN3O2/c1-27-13-20(12-26)17-6-4-16(5-7-17)9-18-10-22-19(11-23(18)25)14-28(24(22)29)15-21-3-2-8-30-21/h4-7,10-13,21H,2-3,8-9,14-15,26H2,1H3. The number of ether oxygens (including phenoxy) is 1. The fourth-order valence-corrected chi connectivity index (χ4v) is 4.39. The molecule has 4 rings (SSSR count). The highest BCUT2D eigenvalue weighted by molar-refractivity contribution is 6.31. The van der Waals surface area contributed by atoms with Crippen molar-refractivity contribution in [3.63, 3.8) is 0 Å². The van der Waals surface area contributed by atoms with Crippen molar-refractivity contribution >= 4 is 29.3 Å². The van der Waals surface area contributed by atoms with E-state index in [1.807, 2.05) is 29.2 Å². The molecule has 0 bridgehead atoms. The molecule has 1 saturated heterocycles. The molecule has 0 saturated carbocycles. The molecule has 1 amide bonds. The molecule has 30 heavy (non-hydrogen) atoms. The Morgan fingerprint density at radius 3 is 2.80 bits per heavy atom. The molecule has 2 heterocycles. The molecule has 2 N–H and O–H groups in total. The highest BCUT2D eigenvalue weighted by atomic mass is 35.5. The predicted molar refractivity (Wildman–Crippen MR) is 121 cm³/mol. The third kappa shape index (κ3) is 4.27. The second kappa shape index (κ2) is 9.02. The number of hydrogen-bond donors (Lipinski definition) is 1. The van der Waals surface area contributed by atoms with Crippen LogP contribution < -0.4 is 5.73 Å². The molecule has 1 unspecified atom stereocenters. The Labute approximate surface area is 182 Å². The van der Waals surface area contributed by atoms with Gasteiger partial charge in [0, 0.05) is 55.3 Å². The van der Waals surface area contributed by atoms with Crippen molar-refractivity contribution in [3.8, 4) is 0 Å². The van der Waals surface area contributed by atoms with Crippen molar-refractivity contribution in [1.82, 2.24) is 4.90 Å². The normalized spacial score (nSPS) is 19.1. The van der Waals surface area contributed by atoms with E-state index in [1.54, 1.807) is 19.5 Å². The number of nitrogens with two attached hydrogens (primary N) is 1. The number of hydrogen-bond acceptors (Lipinski definition) is 4. The van der Waals surface area contributed by atoms with Crippen molar-refractivity contribution in [1.29, 1.82) is 0 Å². The van der Waals surface area contributed by atoms with E-state index in [4.69, 9.17) is 22.1 Å². The second-order valence-electron chi connectivity index (χ2n) is 7.80. The first kappa shape index (κ1) is 20.6. The van der Waals surface area contributed by atoms with Crippen LogP contribution in [0.3, 0.4) is 0 Å². The minimum atomic E-state index is 0.0744. The van der Waals surface area contributed by atoms with E-state index in [-0.39, 0.29) is 12.0 Å². The maximum Gasteiger partial charge on any atom is 0.254 e. The minimum absolute atomic E-state index is 0.0744. The second-order valence-corrected chi connectivity index (χ2v) is 8.21. The maximum atomic E-state index is 12.9. The van der Waals surface area contributed by atoms with Gasteiger partial charge in [-0.1, -0.05) is 35.9 Å². The SMILES string of the molecule is CN=CC(=CN)c1ccc(Cc2cc3c(cc2Cl)CN(CC2CCCO2)C3=O)cc1. The number of amides is 1. The van der Waals surface area contributed by atoms with Gasteiger partial charge in [0.15, 0.2) is 0 Å². The number of nitrogens with zero attached hydrogens (tertiary/aromatic N) is 2. The third-order valence-corrected chi connectivity index (χ3v) is 6.08. The topological polar surface area (TPSA) is 67.9 Å². The van der Waals surface area contributed by atoms with Gasteiger partial charge in [0.1, 0.15) is 0 Å². The summed E-state index contributed by atoms with van der Waals surface area (Å²) in [4.78, 5) is 18.8. The van der Waals surface area contributed by atoms with Crippen LogP contribution in [0.1, 0.15) is 45.5 Å². The van der Waals surface area contributed by atoms with E-state index in [0.29, 0.717) is 24.5 Å². The lowest BCUT2D eigenvalue weighted by Gasteiger charge is -2.19. The molecule has 5 nitrogen and oxygen atoms in total. The van der Waals surface area contributed by atoms with Gasteiger partial charge in [0.2, 0.25) is 0 Å². The van der Waals surface area contributed by atoms with Crippen LogP contribution in [0.5, 0.6) is 0 Å². The Balaban J connectivity index is 1.50. The van der Waals surface area contributed by atoms with Gasteiger partial charge in [0.05, 0.1) is 6.10 Å². The number of carbonyl (C=O) groups is 1. The van der Waals surface area contributed by atoms with Crippen molar-refractivity contribution in [2.75, 3.05) is 20.2 Å². The summed E-state index contributed by atoms with van der Waals surface area (Å²) in [6.45, 7) is 2.05. The molecule has 0 spiro atoms. The van der Waals surface area contributed by atoms with Gasteiger partial charge in [-0.05, 0) is 53.6 Å². The lowest BCUT2D eigenvalue weighted by molar-refractivity contribution is 0.0545. The molecular weight excluding hydrogens is 398 g/mol. The van der Waals surface area contributed by atoms with Crippen molar-refractivity contribution in [3.05, 3.63) is 75.4 Å². The smallest absolute Gasteiger partial charge is 0.254 e. The summed E-state index contributed by atoms with van der Waals surface area (Å²) in [5, 5.41) is 0.699. The van der Waals surface area contributed by atoms with Gasteiger partial charge in [-0.25, -0.2) is 0 Å². The first-order chi connectivity index (χ1) is 14.6. The lowest BCUT2D eigenvalue weighted by atomic mass is 9.98. The molecule has 2 aliphatic heterocycles. The summed E-state index contributed by atoms with van der Waals surface area (Å²) in [5.41, 5.74) is 11.4. The van der Waals surface area contributed by atoms with Gasteiger partial charge in [0.25, 0.3) is 5.91 Å². The summed E-state index contributed by atoms with van der Waals surface area (Å²) in [5.74, 6) is 0.0744. The Morgan fingerprint density at radius 2 is 2.13 bits per heavy atom. The number of fused-ring (bicyclic) bond motifs is 1. The van der Waals surface area contributed by atoms with Gasteiger partial charge in [-0.2, -0.15) is 0 Å². The molecule has 156 valence electrons. The molecule has 0 aromatic heterocycles. The molecule has 6 heteroatoms. The molecule has 0 aliphatic carbocycles. The van der Waals surface area contributed by atoms with Crippen LogP contribution in [0.15, 0.2) is 47.6 Å². The quantitative estimate of drug-likeness (QED) is 0.712. The maximum absolute atomic E-state index is 12.9. The fraction of sp³-hybridized carbons (Fsp3) is 0.333. The Morgan fingerprint density at radius 1 is 1.33 bits per heavy atom. The Bertz CT molecular complexity index is 992. The largest absolute Gasteiger partial charge is 0.404 e. The van der Waals surface area contributed by atoms with Crippen LogP contribution in [-0.4, -0.2) is 43.3 Å². The zero-order valence-electron chi connectivity index (χ0n) is 17.1. The van der Waals surface area contributed by atoms with Gasteiger partial charge in [-0.15, -0.1) is 0 Å². The summed E-state index contributed by atoms with van der Waals surface area (Å²) in [6.07, 6.45) is 6.19. The first-order valence-electron chi connectivity index (χ1n) is 10.2. The average molecular weight is 424 g/mol. The fourth-order valence-electron chi connectivity index (χ4n) is 4.14. The molecular formula is C24H26ClN3O2. The van der Waals surface area contributed by atoms with Crippen LogP contribution in [0.4, 0.5) is 0 Å². The van der Waals surface area contributed by atoms with Crippen LogP contribution in [0, 0.1) is 0 Å². The highest BCUT2D eigenvalue weighted by Gasteiger charge is 2.31. The molecule has 1 fully saturated rings. The van der Waals surface area contributed by atoms with Crippen LogP contribution in [0.2, 0.25) is 5.02 Å². The van der Waals surface area contributed by atoms with Crippen molar-refractivity contribution in [2.24, 2.45) is 10.7 Å². The van der Waals surface area contributed by atoms with Gasteiger partial charge in [-0.3, -0.25) is 9.79 Å². The zero-order chi connectivity index (χ0) is 21.1. The summed E-state index contributed by atoms with van der Waals surface area (Å²) in [7, 11) is 1.72. The van der Waals surface area contributed by atoms with E-state index in [2.05, 4.69) is 17.1 Å². The van der Waals surface area contributed by atoms with Crippen molar-refractivity contribution < 1.29 is 9.53 Å². The van der Waals surface area contributed by atoms with E-state index in [0.717, 1.165) is 52.8 Å². The summed E-state index contributed by atoms with van der Waals surface area (Å²) in [6, 6.07) is 12.0. The Hall–Kier alpha value is -2.63. The molecule has 1 atom stereocenters. The summed E-state index contributed by atoms with van der Waals surface area (Å²) >= 11 is 6.57. The monoisotopic (exact) mass is 423 g/mol. The number of rotatable bonds is 6. The van der Waals surface area contributed by atoms with E-state index >= 15 is 0 Å². The van der Waals surface area contributed by atoms with E-state index in [1.165, 1.54) is 0 Å². The minimum Gasteiger partial charge on any atom is -0.404 e. The third-order valence-electron chi connectivity index (χ3n) is 5.73. The number of aliphatic imine (C=N–C) groups is 1. The Kier molecular flexibility index (Phi) is 6.21. The number of benzene rings is 2. The first-order valence-corrected chi connectivity index (χ1v) is 10.6. The molecule has 2 aromatic carbocycles.